The van der Waals surface area contributed by atoms with Crippen LogP contribution < -0.4 is 0 Å². The molecule has 18 heavy (non-hydrogen) atoms. The smallest absolute Gasteiger partial charge is 0.00387 e. The van der Waals surface area contributed by atoms with Crippen molar-refractivity contribution in [3.05, 3.63) is 0 Å². The first kappa shape index (κ1) is 14.3. The second-order valence-corrected chi connectivity index (χ2v) is 7.17. The number of fused-ring (bicyclic) bond motifs is 1. The van der Waals surface area contributed by atoms with Crippen molar-refractivity contribution in [3.8, 4) is 0 Å². The van der Waals surface area contributed by atoms with Crippen molar-refractivity contribution in [3.63, 3.8) is 0 Å². The Morgan fingerprint density at radius 2 is 1.61 bits per heavy atom. The molecular weight excluding hydrogens is 220 g/mol. The van der Waals surface area contributed by atoms with Gasteiger partial charge in [-0.25, -0.2) is 0 Å². The number of nitrogens with zero attached hydrogens (tertiary/aromatic N) is 2. The van der Waals surface area contributed by atoms with Gasteiger partial charge < -0.3 is 9.80 Å². The minimum atomic E-state index is 0.741. The van der Waals surface area contributed by atoms with E-state index in [0.717, 1.165) is 23.8 Å². The van der Waals surface area contributed by atoms with Gasteiger partial charge in [0.05, 0.1) is 0 Å². The highest BCUT2D eigenvalue weighted by Crippen LogP contribution is 2.32. The molecule has 2 aliphatic heterocycles. The molecule has 106 valence electrons. The maximum atomic E-state index is 2.73. The van der Waals surface area contributed by atoms with Gasteiger partial charge in [0.25, 0.3) is 0 Å². The Kier molecular flexibility index (Phi) is 5.08. The van der Waals surface area contributed by atoms with E-state index in [1.54, 1.807) is 0 Å². The molecule has 2 nitrogen and oxygen atoms in total. The molecule has 0 aromatic carbocycles. The zero-order chi connectivity index (χ0) is 13.1. The summed E-state index contributed by atoms with van der Waals surface area (Å²) in [7, 11) is 0. The highest BCUT2D eigenvalue weighted by Gasteiger charge is 2.34. The summed E-state index contributed by atoms with van der Waals surface area (Å²) in [5.74, 6) is 2.82. The number of hydrogen-bond acceptors (Lipinski definition) is 2. The predicted molar refractivity (Wildman–Crippen MR) is 78.8 cm³/mol. The fourth-order valence-electron chi connectivity index (χ4n) is 3.56. The number of piperidine rings is 2. The molecule has 2 rings (SSSR count). The third-order valence-electron chi connectivity index (χ3n) is 4.98. The molecule has 0 spiro atoms. The highest BCUT2D eigenvalue weighted by atomic mass is 15.2. The van der Waals surface area contributed by atoms with Gasteiger partial charge in [0.15, 0.2) is 0 Å². The third-order valence-corrected chi connectivity index (χ3v) is 4.98. The SMILES string of the molecule is CC(C)CCN1CCC2CN(C(C)C)CCC2C1. The van der Waals surface area contributed by atoms with Gasteiger partial charge in [0, 0.05) is 19.1 Å². The van der Waals surface area contributed by atoms with E-state index in [0.29, 0.717) is 0 Å². The van der Waals surface area contributed by atoms with Crippen molar-refractivity contribution < 1.29 is 0 Å². The Morgan fingerprint density at radius 3 is 2.28 bits per heavy atom. The molecule has 0 saturated carbocycles. The van der Waals surface area contributed by atoms with E-state index in [2.05, 4.69) is 37.5 Å². The van der Waals surface area contributed by atoms with Crippen LogP contribution in [0.4, 0.5) is 0 Å². The van der Waals surface area contributed by atoms with Gasteiger partial charge in [0.1, 0.15) is 0 Å². The lowest BCUT2D eigenvalue weighted by atomic mass is 9.79. The number of likely N-dealkylation sites (tertiary alicyclic amines) is 2. The van der Waals surface area contributed by atoms with Crippen LogP contribution in [0.5, 0.6) is 0 Å². The van der Waals surface area contributed by atoms with Crippen molar-refractivity contribution in [1.29, 1.82) is 0 Å². The lowest BCUT2D eigenvalue weighted by molar-refractivity contribution is 0.0290. The maximum absolute atomic E-state index is 2.73. The molecule has 2 heterocycles. The lowest BCUT2D eigenvalue weighted by Gasteiger charge is -2.46. The molecule has 0 aromatic rings. The number of hydrogen-bond donors (Lipinski definition) is 0. The minimum absolute atomic E-state index is 0.741. The normalized spacial score (nSPS) is 31.0. The van der Waals surface area contributed by atoms with Crippen LogP contribution in [0.15, 0.2) is 0 Å². The van der Waals surface area contributed by atoms with Gasteiger partial charge in [-0.05, 0) is 70.5 Å². The van der Waals surface area contributed by atoms with Crippen LogP contribution in [-0.4, -0.2) is 48.6 Å². The summed E-state index contributed by atoms with van der Waals surface area (Å²) in [5, 5.41) is 0. The van der Waals surface area contributed by atoms with Gasteiger partial charge >= 0.3 is 0 Å². The van der Waals surface area contributed by atoms with Crippen molar-refractivity contribution in [2.75, 3.05) is 32.7 Å². The van der Waals surface area contributed by atoms with Crippen LogP contribution in [-0.2, 0) is 0 Å². The quantitative estimate of drug-likeness (QED) is 0.758. The second kappa shape index (κ2) is 6.38. The molecule has 0 amide bonds. The Balaban J connectivity index is 1.78. The first-order chi connectivity index (χ1) is 8.56. The van der Waals surface area contributed by atoms with Gasteiger partial charge in [-0.1, -0.05) is 13.8 Å². The number of rotatable bonds is 4. The molecule has 2 saturated heterocycles. The first-order valence-electron chi connectivity index (χ1n) is 8.02. The fourth-order valence-corrected chi connectivity index (χ4v) is 3.56. The largest absolute Gasteiger partial charge is 0.303 e. The zero-order valence-corrected chi connectivity index (χ0v) is 12.9. The van der Waals surface area contributed by atoms with Crippen LogP contribution in [0.3, 0.4) is 0 Å². The minimum Gasteiger partial charge on any atom is -0.303 e. The molecule has 2 heteroatoms. The van der Waals surface area contributed by atoms with Gasteiger partial charge in [0.2, 0.25) is 0 Å². The van der Waals surface area contributed by atoms with E-state index in [1.165, 1.54) is 52.0 Å². The first-order valence-corrected chi connectivity index (χ1v) is 8.02. The molecular formula is C16H32N2. The predicted octanol–water partition coefficient (Wildman–Crippen LogP) is 3.08. The molecule has 0 aromatic heterocycles. The standard InChI is InChI=1S/C16H32N2/c1-13(2)5-8-17-9-6-16-12-18(14(3)4)10-7-15(16)11-17/h13-16H,5-12H2,1-4H3. The van der Waals surface area contributed by atoms with Crippen molar-refractivity contribution in [1.82, 2.24) is 9.80 Å². The lowest BCUT2D eigenvalue weighted by Crippen LogP contribution is -2.51. The summed E-state index contributed by atoms with van der Waals surface area (Å²) < 4.78 is 0. The summed E-state index contributed by atoms with van der Waals surface area (Å²) in [6.07, 6.45) is 4.24. The highest BCUT2D eigenvalue weighted by molar-refractivity contribution is 4.87. The Bertz CT molecular complexity index is 249. The van der Waals surface area contributed by atoms with Crippen LogP contribution in [0, 0.1) is 17.8 Å². The summed E-state index contributed by atoms with van der Waals surface area (Å²) in [6.45, 7) is 16.1. The Labute approximate surface area is 114 Å². The molecule has 2 fully saturated rings. The molecule has 0 radical (unpaired) electrons. The van der Waals surface area contributed by atoms with Crippen LogP contribution in [0.25, 0.3) is 0 Å². The van der Waals surface area contributed by atoms with E-state index in [-0.39, 0.29) is 0 Å². The Hall–Kier alpha value is -0.0800. The molecule has 0 bridgehead atoms. The molecule has 2 aliphatic rings. The Morgan fingerprint density at radius 1 is 0.944 bits per heavy atom. The van der Waals surface area contributed by atoms with Gasteiger partial charge in [-0.15, -0.1) is 0 Å². The van der Waals surface area contributed by atoms with Gasteiger partial charge in [-0.3, -0.25) is 0 Å². The van der Waals surface area contributed by atoms with E-state index >= 15 is 0 Å². The van der Waals surface area contributed by atoms with Crippen molar-refractivity contribution in [2.24, 2.45) is 17.8 Å². The summed E-state index contributed by atoms with van der Waals surface area (Å²) in [5.41, 5.74) is 0. The molecule has 0 aliphatic carbocycles. The third kappa shape index (κ3) is 3.71. The fraction of sp³-hybridized carbons (Fsp3) is 1.00. The van der Waals surface area contributed by atoms with Crippen LogP contribution in [0.2, 0.25) is 0 Å². The topological polar surface area (TPSA) is 6.48 Å². The van der Waals surface area contributed by atoms with Crippen LogP contribution >= 0.6 is 0 Å². The van der Waals surface area contributed by atoms with Crippen molar-refractivity contribution in [2.45, 2.75) is 53.0 Å². The molecule has 0 N–H and O–H groups in total. The zero-order valence-electron chi connectivity index (χ0n) is 12.9. The average molecular weight is 252 g/mol. The second-order valence-electron chi connectivity index (χ2n) is 7.17. The van der Waals surface area contributed by atoms with Crippen molar-refractivity contribution >= 4 is 0 Å². The average Bonchev–Trinajstić information content (AvgIpc) is 2.35. The summed E-state index contributed by atoms with van der Waals surface area (Å²) in [6, 6.07) is 0.741. The molecule has 2 unspecified atom stereocenters. The van der Waals surface area contributed by atoms with E-state index < -0.39 is 0 Å². The molecule has 2 atom stereocenters. The summed E-state index contributed by atoms with van der Waals surface area (Å²) in [4.78, 5) is 5.41. The van der Waals surface area contributed by atoms with Crippen LogP contribution in [0.1, 0.15) is 47.0 Å². The maximum Gasteiger partial charge on any atom is 0.00387 e. The summed E-state index contributed by atoms with van der Waals surface area (Å²) >= 11 is 0. The monoisotopic (exact) mass is 252 g/mol. The van der Waals surface area contributed by atoms with E-state index in [1.807, 2.05) is 0 Å². The van der Waals surface area contributed by atoms with E-state index in [4.69, 9.17) is 0 Å². The van der Waals surface area contributed by atoms with Gasteiger partial charge in [-0.2, -0.15) is 0 Å². The van der Waals surface area contributed by atoms with E-state index in [9.17, 15) is 0 Å².